The van der Waals surface area contributed by atoms with E-state index in [1.807, 2.05) is 13.8 Å². The Bertz CT molecular complexity index is 430. The van der Waals surface area contributed by atoms with Gasteiger partial charge in [-0.3, -0.25) is 4.79 Å². The lowest BCUT2D eigenvalue weighted by molar-refractivity contribution is -0.121. The van der Waals surface area contributed by atoms with Gasteiger partial charge in [-0.25, -0.2) is 4.39 Å². The van der Waals surface area contributed by atoms with E-state index in [9.17, 15) is 9.18 Å². The summed E-state index contributed by atoms with van der Waals surface area (Å²) in [6.07, 6.45) is 1.63. The zero-order chi connectivity index (χ0) is 15.0. The van der Waals surface area contributed by atoms with Crippen LogP contribution in [0.5, 0.6) is 5.75 Å². The number of carbonyl (C=O) groups is 1. The predicted molar refractivity (Wildman–Crippen MR) is 84.2 cm³/mol. The molecule has 1 rings (SSSR count). The lowest BCUT2D eigenvalue weighted by Crippen LogP contribution is -2.35. The number of benzene rings is 1. The molecule has 0 aromatic heterocycles. The first kappa shape index (κ1) is 19.7. The highest BCUT2D eigenvalue weighted by Gasteiger charge is 2.11. The van der Waals surface area contributed by atoms with Crippen molar-refractivity contribution >= 4 is 18.3 Å². The van der Waals surface area contributed by atoms with Gasteiger partial charge in [-0.2, -0.15) is 0 Å². The maximum Gasteiger partial charge on any atom is 0.220 e. The Morgan fingerprint density at radius 3 is 2.76 bits per heavy atom. The number of hydrogen-bond donors (Lipinski definition) is 2. The highest BCUT2D eigenvalue weighted by Crippen LogP contribution is 2.14. The molecule has 0 aliphatic rings. The zero-order valence-corrected chi connectivity index (χ0v) is 13.3. The van der Waals surface area contributed by atoms with Crippen molar-refractivity contribution < 1.29 is 13.9 Å². The summed E-state index contributed by atoms with van der Waals surface area (Å²) in [6, 6.07) is 6.01. The van der Waals surface area contributed by atoms with Gasteiger partial charge in [-0.15, -0.1) is 12.4 Å². The molecule has 0 heterocycles. The van der Waals surface area contributed by atoms with Crippen LogP contribution in [0.1, 0.15) is 33.1 Å². The normalized spacial score (nSPS) is 13.0. The molecule has 4 nitrogen and oxygen atoms in total. The standard InChI is InChI=1S/C15H23FN2O2.ClH/c1-3-13(10-18-15(19)8-7-11(2)17)20-14-6-4-5-12(16)9-14;/h4-6,9,11,13H,3,7-8,10,17H2,1-2H3,(H,18,19);1H. The van der Waals surface area contributed by atoms with Crippen LogP contribution in [0.2, 0.25) is 0 Å². The fourth-order valence-electron chi connectivity index (χ4n) is 1.68. The molecule has 6 heteroatoms. The van der Waals surface area contributed by atoms with Crippen LogP contribution in [0.3, 0.4) is 0 Å². The van der Waals surface area contributed by atoms with Crippen molar-refractivity contribution in [3.8, 4) is 5.75 Å². The van der Waals surface area contributed by atoms with Gasteiger partial charge in [-0.05, 0) is 31.9 Å². The minimum Gasteiger partial charge on any atom is -0.489 e. The van der Waals surface area contributed by atoms with Crippen molar-refractivity contribution in [3.63, 3.8) is 0 Å². The van der Waals surface area contributed by atoms with Crippen molar-refractivity contribution in [2.45, 2.75) is 45.3 Å². The van der Waals surface area contributed by atoms with E-state index in [0.717, 1.165) is 6.42 Å². The van der Waals surface area contributed by atoms with Crippen molar-refractivity contribution in [1.29, 1.82) is 0 Å². The molecule has 21 heavy (non-hydrogen) atoms. The summed E-state index contributed by atoms with van der Waals surface area (Å²) in [7, 11) is 0. The van der Waals surface area contributed by atoms with Gasteiger partial charge in [0.25, 0.3) is 0 Å². The fraction of sp³-hybridized carbons (Fsp3) is 0.533. The topological polar surface area (TPSA) is 64.4 Å². The van der Waals surface area contributed by atoms with Gasteiger partial charge in [0.05, 0.1) is 6.54 Å². The first-order chi connectivity index (χ1) is 9.51. The van der Waals surface area contributed by atoms with Crippen LogP contribution in [-0.2, 0) is 4.79 Å². The zero-order valence-electron chi connectivity index (χ0n) is 12.5. The van der Waals surface area contributed by atoms with Crippen LogP contribution < -0.4 is 15.8 Å². The largest absolute Gasteiger partial charge is 0.489 e. The lowest BCUT2D eigenvalue weighted by atomic mass is 10.2. The summed E-state index contributed by atoms with van der Waals surface area (Å²) in [5, 5.41) is 2.81. The SMILES string of the molecule is CCC(CNC(=O)CCC(C)N)Oc1cccc(F)c1.Cl. The third-order valence-electron chi connectivity index (χ3n) is 2.91. The molecule has 1 amide bonds. The molecular weight excluding hydrogens is 295 g/mol. The van der Waals surface area contributed by atoms with Gasteiger partial charge in [0.2, 0.25) is 5.91 Å². The first-order valence-corrected chi connectivity index (χ1v) is 6.95. The molecule has 0 aliphatic heterocycles. The van der Waals surface area contributed by atoms with Gasteiger partial charge in [0.15, 0.2) is 0 Å². The van der Waals surface area contributed by atoms with Crippen molar-refractivity contribution in [3.05, 3.63) is 30.1 Å². The van der Waals surface area contributed by atoms with Crippen LogP contribution >= 0.6 is 12.4 Å². The number of rotatable bonds is 8. The second-order valence-electron chi connectivity index (χ2n) is 4.93. The van der Waals surface area contributed by atoms with E-state index in [1.54, 1.807) is 12.1 Å². The highest BCUT2D eigenvalue weighted by atomic mass is 35.5. The van der Waals surface area contributed by atoms with Crippen LogP contribution in [0.15, 0.2) is 24.3 Å². The molecule has 120 valence electrons. The summed E-state index contributed by atoms with van der Waals surface area (Å²) >= 11 is 0. The van der Waals surface area contributed by atoms with Crippen LogP contribution in [-0.4, -0.2) is 24.6 Å². The Morgan fingerprint density at radius 2 is 2.19 bits per heavy atom. The predicted octanol–water partition coefficient (Wildman–Crippen LogP) is 2.65. The molecular formula is C15H24ClFN2O2. The van der Waals surface area contributed by atoms with E-state index < -0.39 is 0 Å². The Morgan fingerprint density at radius 1 is 1.48 bits per heavy atom. The molecule has 0 saturated heterocycles. The Labute approximate surface area is 131 Å². The number of halogens is 2. The van der Waals surface area contributed by atoms with Gasteiger partial charge in [0.1, 0.15) is 17.7 Å². The molecule has 0 saturated carbocycles. The maximum atomic E-state index is 13.1. The van der Waals surface area contributed by atoms with Gasteiger partial charge < -0.3 is 15.8 Å². The third kappa shape index (κ3) is 8.52. The average Bonchev–Trinajstić information content (AvgIpc) is 2.41. The van der Waals surface area contributed by atoms with Gasteiger partial charge >= 0.3 is 0 Å². The number of nitrogens with two attached hydrogens (primary N) is 1. The minimum absolute atomic E-state index is 0. The molecule has 0 fully saturated rings. The van der Waals surface area contributed by atoms with Crippen molar-refractivity contribution in [1.82, 2.24) is 5.32 Å². The van der Waals surface area contributed by atoms with E-state index in [4.69, 9.17) is 10.5 Å². The summed E-state index contributed by atoms with van der Waals surface area (Å²) in [5.74, 6) is 0.101. The Balaban J connectivity index is 0.00000400. The molecule has 0 aliphatic carbocycles. The number of carbonyl (C=O) groups excluding carboxylic acids is 1. The van der Waals surface area contributed by atoms with E-state index in [-0.39, 0.29) is 36.3 Å². The van der Waals surface area contributed by atoms with Crippen LogP contribution in [0.4, 0.5) is 4.39 Å². The van der Waals surface area contributed by atoms with Crippen molar-refractivity contribution in [2.24, 2.45) is 5.73 Å². The average molecular weight is 319 g/mol. The monoisotopic (exact) mass is 318 g/mol. The number of nitrogens with one attached hydrogen (secondary N) is 1. The molecule has 2 atom stereocenters. The van der Waals surface area contributed by atoms with Crippen molar-refractivity contribution in [2.75, 3.05) is 6.54 Å². The highest BCUT2D eigenvalue weighted by molar-refractivity contribution is 5.85. The Kier molecular flexibility index (Phi) is 9.75. The number of amides is 1. The minimum atomic E-state index is -0.335. The number of ether oxygens (including phenoxy) is 1. The molecule has 2 unspecified atom stereocenters. The van der Waals surface area contributed by atoms with Gasteiger partial charge in [-0.1, -0.05) is 13.0 Å². The summed E-state index contributed by atoms with van der Waals surface area (Å²) in [6.45, 7) is 4.23. The van der Waals surface area contributed by atoms with E-state index in [1.165, 1.54) is 12.1 Å². The maximum absolute atomic E-state index is 13.1. The van der Waals surface area contributed by atoms with Gasteiger partial charge in [0, 0.05) is 18.5 Å². The lowest BCUT2D eigenvalue weighted by Gasteiger charge is -2.18. The second kappa shape index (κ2) is 10.4. The quantitative estimate of drug-likeness (QED) is 0.774. The fourth-order valence-corrected chi connectivity index (χ4v) is 1.68. The molecule has 3 N–H and O–H groups in total. The first-order valence-electron chi connectivity index (χ1n) is 6.95. The molecule has 1 aromatic rings. The van der Waals surface area contributed by atoms with E-state index in [2.05, 4.69) is 5.32 Å². The smallest absolute Gasteiger partial charge is 0.220 e. The summed E-state index contributed by atoms with van der Waals surface area (Å²) in [4.78, 5) is 11.6. The molecule has 0 spiro atoms. The van der Waals surface area contributed by atoms with Crippen LogP contribution in [0, 0.1) is 5.82 Å². The van der Waals surface area contributed by atoms with E-state index >= 15 is 0 Å². The Hall–Kier alpha value is -1.33. The molecule has 1 aromatic carbocycles. The molecule has 0 radical (unpaired) electrons. The van der Waals surface area contributed by atoms with Crippen LogP contribution in [0.25, 0.3) is 0 Å². The number of hydrogen-bond acceptors (Lipinski definition) is 3. The van der Waals surface area contributed by atoms with E-state index in [0.29, 0.717) is 25.1 Å². The summed E-state index contributed by atoms with van der Waals surface area (Å²) in [5.41, 5.74) is 5.60. The third-order valence-corrected chi connectivity index (χ3v) is 2.91. The second-order valence-corrected chi connectivity index (χ2v) is 4.93. The molecule has 0 bridgehead atoms. The summed E-state index contributed by atoms with van der Waals surface area (Å²) < 4.78 is 18.7.